The first-order valence-electron chi connectivity index (χ1n) is 6.52. The van der Waals surface area contributed by atoms with Crippen LogP contribution >= 0.6 is 0 Å². The van der Waals surface area contributed by atoms with E-state index in [-0.39, 0.29) is 6.04 Å². The van der Waals surface area contributed by atoms with E-state index in [1.165, 1.54) is 0 Å². The van der Waals surface area contributed by atoms with Crippen molar-refractivity contribution in [2.24, 2.45) is 0 Å². The van der Waals surface area contributed by atoms with Crippen molar-refractivity contribution in [1.29, 1.82) is 0 Å². The third-order valence-electron chi connectivity index (χ3n) is 3.39. The molecule has 0 saturated carbocycles. The van der Waals surface area contributed by atoms with Crippen LogP contribution < -0.4 is 14.8 Å². The quantitative estimate of drug-likeness (QED) is 0.909. The van der Waals surface area contributed by atoms with Gasteiger partial charge in [-0.3, -0.25) is 4.98 Å². The Balaban J connectivity index is 2.45. The number of methoxy groups -OCH3 is 2. The lowest BCUT2D eigenvalue weighted by molar-refractivity contribution is 0.354. The van der Waals surface area contributed by atoms with Gasteiger partial charge >= 0.3 is 0 Å². The van der Waals surface area contributed by atoms with Gasteiger partial charge in [-0.2, -0.15) is 0 Å². The minimum absolute atomic E-state index is 0.0727. The summed E-state index contributed by atoms with van der Waals surface area (Å²) in [6, 6.07) is 10.1. The highest BCUT2D eigenvalue weighted by Crippen LogP contribution is 2.32. The minimum atomic E-state index is 0.0727. The van der Waals surface area contributed by atoms with Crippen LogP contribution in [0.5, 0.6) is 11.5 Å². The Hall–Kier alpha value is -2.07. The third-order valence-corrected chi connectivity index (χ3v) is 3.39. The van der Waals surface area contributed by atoms with Crippen molar-refractivity contribution in [2.75, 3.05) is 21.3 Å². The number of aromatic nitrogens is 1. The molecule has 0 aliphatic rings. The average Bonchev–Trinajstić information content (AvgIpc) is 2.49. The molecule has 1 unspecified atom stereocenters. The van der Waals surface area contributed by atoms with Crippen molar-refractivity contribution in [3.05, 3.63) is 53.3 Å². The Kier molecular flexibility index (Phi) is 4.58. The first kappa shape index (κ1) is 14.3. The molecule has 1 N–H and O–H groups in total. The molecular weight excluding hydrogens is 252 g/mol. The lowest BCUT2D eigenvalue weighted by Crippen LogP contribution is -2.19. The highest BCUT2D eigenvalue weighted by atomic mass is 16.5. The monoisotopic (exact) mass is 272 g/mol. The normalized spacial score (nSPS) is 12.0. The number of hydrogen-bond acceptors (Lipinski definition) is 4. The molecule has 0 amide bonds. The Morgan fingerprint density at radius 3 is 2.45 bits per heavy atom. The molecule has 2 rings (SSSR count). The number of hydrogen-bond donors (Lipinski definition) is 1. The summed E-state index contributed by atoms with van der Waals surface area (Å²) in [5, 5.41) is 3.33. The molecule has 0 aliphatic heterocycles. The van der Waals surface area contributed by atoms with Crippen LogP contribution in [0.1, 0.15) is 22.9 Å². The number of pyridine rings is 1. The van der Waals surface area contributed by atoms with Gasteiger partial charge in [0.25, 0.3) is 0 Å². The van der Waals surface area contributed by atoms with Gasteiger partial charge in [-0.15, -0.1) is 0 Å². The van der Waals surface area contributed by atoms with E-state index in [1.807, 2.05) is 38.2 Å². The lowest BCUT2D eigenvalue weighted by atomic mass is 9.97. The topological polar surface area (TPSA) is 43.4 Å². The van der Waals surface area contributed by atoms with E-state index in [9.17, 15) is 0 Å². The van der Waals surface area contributed by atoms with E-state index >= 15 is 0 Å². The fourth-order valence-electron chi connectivity index (χ4n) is 2.34. The number of nitrogens with zero attached hydrogens (tertiary/aromatic N) is 1. The number of nitrogens with one attached hydrogen (secondary N) is 1. The molecule has 1 aromatic heterocycles. The van der Waals surface area contributed by atoms with Crippen molar-refractivity contribution in [2.45, 2.75) is 13.0 Å². The molecule has 0 fully saturated rings. The molecule has 4 heteroatoms. The van der Waals surface area contributed by atoms with E-state index in [0.29, 0.717) is 0 Å². The summed E-state index contributed by atoms with van der Waals surface area (Å²) in [7, 11) is 5.22. The maximum atomic E-state index is 5.37. The summed E-state index contributed by atoms with van der Waals surface area (Å²) >= 11 is 0. The van der Waals surface area contributed by atoms with Gasteiger partial charge in [-0.1, -0.05) is 12.1 Å². The zero-order valence-corrected chi connectivity index (χ0v) is 12.3. The molecule has 106 valence electrons. The van der Waals surface area contributed by atoms with Crippen LogP contribution in [0.3, 0.4) is 0 Å². The Labute approximate surface area is 119 Å². The number of ether oxygens (including phenoxy) is 2. The molecule has 1 heterocycles. The molecule has 2 aromatic rings. The van der Waals surface area contributed by atoms with Crippen molar-refractivity contribution < 1.29 is 9.47 Å². The second-order valence-corrected chi connectivity index (χ2v) is 4.51. The second-order valence-electron chi connectivity index (χ2n) is 4.51. The van der Waals surface area contributed by atoms with Gasteiger partial charge < -0.3 is 14.8 Å². The summed E-state index contributed by atoms with van der Waals surface area (Å²) < 4.78 is 10.6. The third kappa shape index (κ3) is 2.75. The van der Waals surface area contributed by atoms with E-state index in [0.717, 1.165) is 28.3 Å². The van der Waals surface area contributed by atoms with Crippen molar-refractivity contribution >= 4 is 0 Å². The van der Waals surface area contributed by atoms with E-state index in [4.69, 9.17) is 9.47 Å². The molecular formula is C16H20N2O2. The van der Waals surface area contributed by atoms with Crippen LogP contribution in [0.15, 0.2) is 36.5 Å². The highest BCUT2D eigenvalue weighted by molar-refractivity contribution is 5.46. The summed E-state index contributed by atoms with van der Waals surface area (Å²) in [4.78, 5) is 4.35. The maximum absolute atomic E-state index is 5.37. The van der Waals surface area contributed by atoms with E-state index in [2.05, 4.69) is 16.4 Å². The van der Waals surface area contributed by atoms with Gasteiger partial charge in [0.1, 0.15) is 0 Å². The molecule has 0 aliphatic carbocycles. The molecule has 1 atom stereocenters. The van der Waals surface area contributed by atoms with Crippen molar-refractivity contribution in [3.8, 4) is 11.5 Å². The SMILES string of the molecule is CNC(c1ccc(OC)c(OC)c1)c1cccnc1C. The second kappa shape index (κ2) is 6.39. The van der Waals surface area contributed by atoms with Gasteiger partial charge in [0.2, 0.25) is 0 Å². The fourth-order valence-corrected chi connectivity index (χ4v) is 2.34. The van der Waals surface area contributed by atoms with Crippen LogP contribution in [-0.4, -0.2) is 26.3 Å². The van der Waals surface area contributed by atoms with Gasteiger partial charge in [-0.25, -0.2) is 0 Å². The first-order valence-corrected chi connectivity index (χ1v) is 6.52. The molecule has 4 nitrogen and oxygen atoms in total. The Bertz CT molecular complexity index is 584. The van der Waals surface area contributed by atoms with E-state index in [1.54, 1.807) is 20.4 Å². The summed E-state index contributed by atoms with van der Waals surface area (Å²) in [5.74, 6) is 1.46. The maximum Gasteiger partial charge on any atom is 0.161 e. The molecule has 0 saturated heterocycles. The fraction of sp³-hybridized carbons (Fsp3) is 0.312. The van der Waals surface area contributed by atoms with E-state index < -0.39 is 0 Å². The Morgan fingerprint density at radius 1 is 1.10 bits per heavy atom. The van der Waals surface area contributed by atoms with Crippen LogP contribution in [0, 0.1) is 6.92 Å². The summed E-state index contributed by atoms with van der Waals surface area (Å²) in [6.45, 7) is 2.01. The van der Waals surface area contributed by atoms with Crippen molar-refractivity contribution in [1.82, 2.24) is 10.3 Å². The van der Waals surface area contributed by atoms with Gasteiger partial charge in [-0.05, 0) is 43.3 Å². The zero-order valence-electron chi connectivity index (χ0n) is 12.3. The van der Waals surface area contributed by atoms with Gasteiger partial charge in [0.15, 0.2) is 11.5 Å². The molecule has 0 radical (unpaired) electrons. The van der Waals surface area contributed by atoms with Crippen LogP contribution in [-0.2, 0) is 0 Å². The average molecular weight is 272 g/mol. The van der Waals surface area contributed by atoms with Crippen LogP contribution in [0.25, 0.3) is 0 Å². The number of aryl methyl sites for hydroxylation is 1. The predicted molar refractivity (Wildman–Crippen MR) is 79.4 cm³/mol. The molecule has 0 bridgehead atoms. The number of benzene rings is 1. The lowest BCUT2D eigenvalue weighted by Gasteiger charge is -2.20. The number of rotatable bonds is 5. The smallest absolute Gasteiger partial charge is 0.161 e. The van der Waals surface area contributed by atoms with Gasteiger partial charge in [0.05, 0.1) is 20.3 Å². The Morgan fingerprint density at radius 2 is 1.85 bits per heavy atom. The largest absolute Gasteiger partial charge is 0.493 e. The summed E-state index contributed by atoms with van der Waals surface area (Å²) in [5.41, 5.74) is 3.28. The molecule has 20 heavy (non-hydrogen) atoms. The highest BCUT2D eigenvalue weighted by Gasteiger charge is 2.16. The summed E-state index contributed by atoms with van der Waals surface area (Å²) in [6.07, 6.45) is 1.81. The predicted octanol–water partition coefficient (Wildman–Crippen LogP) is 2.72. The molecule has 1 aromatic carbocycles. The standard InChI is InChI=1S/C16H20N2O2/c1-11-13(6-5-9-18-11)16(17-2)12-7-8-14(19-3)15(10-12)20-4/h5-10,16-17H,1-4H3. The molecule has 0 spiro atoms. The first-order chi connectivity index (χ1) is 9.71. The van der Waals surface area contributed by atoms with Crippen molar-refractivity contribution in [3.63, 3.8) is 0 Å². The minimum Gasteiger partial charge on any atom is -0.493 e. The van der Waals surface area contributed by atoms with Gasteiger partial charge in [0, 0.05) is 11.9 Å². The van der Waals surface area contributed by atoms with Crippen LogP contribution in [0.4, 0.5) is 0 Å². The van der Waals surface area contributed by atoms with Crippen LogP contribution in [0.2, 0.25) is 0 Å². The zero-order chi connectivity index (χ0) is 14.5.